The summed E-state index contributed by atoms with van der Waals surface area (Å²) < 4.78 is 34.8. The van der Waals surface area contributed by atoms with E-state index >= 15 is 0 Å². The van der Waals surface area contributed by atoms with Crippen LogP contribution in [0.3, 0.4) is 0 Å². The number of nitrogens with zero attached hydrogens (tertiary/aromatic N) is 3. The monoisotopic (exact) mass is 1890 g/mol. The van der Waals surface area contributed by atoms with E-state index in [1.807, 2.05) is 117 Å². The molecule has 702 valence electrons. The number of ketones is 3. The number of aromatic hydroxyl groups is 1. The molecule has 28 nitrogen and oxygen atoms in total. The van der Waals surface area contributed by atoms with Crippen molar-refractivity contribution in [2.45, 2.75) is 90.5 Å². The van der Waals surface area contributed by atoms with Gasteiger partial charge in [0.2, 0.25) is 5.91 Å². The highest BCUT2D eigenvalue weighted by molar-refractivity contribution is 7.89. The number of aromatic carboxylic acids is 1. The number of hydrogen-bond donors (Lipinski definition) is 11. The summed E-state index contributed by atoms with van der Waals surface area (Å²) in [5.74, 6) is 3.27. The first kappa shape index (κ1) is 102. The summed E-state index contributed by atoms with van der Waals surface area (Å²) in [4.78, 5) is 129. The van der Waals surface area contributed by atoms with E-state index in [0.29, 0.717) is 104 Å². The molecule has 0 spiro atoms. The Morgan fingerprint density at radius 3 is 1.94 bits per heavy atom. The van der Waals surface area contributed by atoms with Crippen molar-refractivity contribution in [2.75, 3.05) is 74.6 Å². The molecule has 14 aromatic rings. The van der Waals surface area contributed by atoms with Gasteiger partial charge in [0.25, 0.3) is 21.8 Å². The van der Waals surface area contributed by atoms with Crippen molar-refractivity contribution < 1.29 is 61.0 Å². The Kier molecular flexibility index (Phi) is 33.9. The number of carbonyl (C=O) groups excluding carboxylic acids is 6. The lowest BCUT2D eigenvalue weighted by Crippen LogP contribution is -2.31. The van der Waals surface area contributed by atoms with Gasteiger partial charge in [-0.05, 0) is 229 Å². The third-order valence-electron chi connectivity index (χ3n) is 23.8. The fraction of sp³-hybridized carbons (Fsp3) is 0.200. The smallest absolute Gasteiger partial charge is 0.347 e. The van der Waals surface area contributed by atoms with Crippen molar-refractivity contribution in [3.05, 3.63) is 312 Å². The summed E-state index contributed by atoms with van der Waals surface area (Å²) in [5, 5.41) is 34.7. The molecule has 31 heteroatoms. The van der Waals surface area contributed by atoms with Gasteiger partial charge < -0.3 is 67.8 Å². The summed E-state index contributed by atoms with van der Waals surface area (Å²) in [7, 11) is 0.170. The maximum atomic E-state index is 12.5. The molecule has 2 aromatic heterocycles. The maximum absolute atomic E-state index is 12.5. The van der Waals surface area contributed by atoms with Crippen LogP contribution in [0.4, 0.5) is 22.7 Å². The van der Waals surface area contributed by atoms with E-state index in [2.05, 4.69) is 83.6 Å². The third-order valence-corrected chi connectivity index (χ3v) is 25.1. The number of amides is 3. The van der Waals surface area contributed by atoms with E-state index in [4.69, 9.17) is 43.3 Å². The number of imide groups is 1. The van der Waals surface area contributed by atoms with Crippen LogP contribution in [0.2, 0.25) is 0 Å². The average Bonchev–Trinajstić information content (AvgIpc) is 0.799. The molecule has 136 heavy (non-hydrogen) atoms. The fourth-order valence-electron chi connectivity index (χ4n) is 16.9. The summed E-state index contributed by atoms with van der Waals surface area (Å²) in [6.07, 6.45) is 7.45. The number of aromatic amines is 1. The number of aryl methyl sites for hydroxylation is 2. The molecule has 0 saturated heterocycles. The van der Waals surface area contributed by atoms with Crippen LogP contribution in [0.5, 0.6) is 5.75 Å². The quantitative estimate of drug-likeness (QED) is 0.00308. The number of hydrazine groups is 1. The van der Waals surface area contributed by atoms with Crippen LogP contribution < -0.4 is 70.9 Å². The molecule has 18 rings (SSSR count). The number of fused-ring (bicyclic) bond motifs is 7. The Balaban J connectivity index is 0.000000158. The van der Waals surface area contributed by atoms with Gasteiger partial charge in [0.15, 0.2) is 22.4 Å². The van der Waals surface area contributed by atoms with E-state index in [1.165, 1.54) is 85.3 Å². The highest BCUT2D eigenvalue weighted by Gasteiger charge is 2.29. The third kappa shape index (κ3) is 22.6. The Bertz CT molecular complexity index is 7590. The number of carboxylic acid groups (broad SMARTS) is 1. The van der Waals surface area contributed by atoms with Gasteiger partial charge in [0.1, 0.15) is 34.0 Å². The topological polar surface area (TPSA) is 477 Å². The van der Waals surface area contributed by atoms with Crippen molar-refractivity contribution >= 4 is 191 Å². The van der Waals surface area contributed by atoms with Gasteiger partial charge in [0, 0.05) is 167 Å². The van der Waals surface area contributed by atoms with Crippen molar-refractivity contribution in [1.29, 1.82) is 0 Å². The van der Waals surface area contributed by atoms with Crippen LogP contribution in [-0.4, -0.2) is 123 Å². The first-order valence-electron chi connectivity index (χ1n) is 43.7. The Labute approximate surface area is 795 Å². The number of Topliss-reactive ketones (excluding diaryl/α,β-unsaturated/α-hetero) is 3. The molecule has 0 bridgehead atoms. The number of carbonyl (C=O) groups is 7. The van der Waals surface area contributed by atoms with Gasteiger partial charge >= 0.3 is 11.6 Å². The molecule has 0 fully saturated rings. The number of unbranched alkanes of at least 4 members (excludes halogenated alkanes) is 2. The second-order valence-electron chi connectivity index (χ2n) is 32.5. The number of pyridine rings is 1. The van der Waals surface area contributed by atoms with Crippen molar-refractivity contribution in [3.8, 4) is 28.2 Å². The van der Waals surface area contributed by atoms with E-state index in [0.717, 1.165) is 94.2 Å². The molecule has 0 unspecified atom stereocenters. The number of carboxylic acids is 1. The Morgan fingerprint density at radius 1 is 0.588 bits per heavy atom. The normalized spacial score (nSPS) is 12.1. The lowest BCUT2D eigenvalue weighted by Gasteiger charge is -2.21. The number of nitrogens with two attached hydrogens (primary N) is 6. The molecule has 3 amide bonds. The summed E-state index contributed by atoms with van der Waals surface area (Å²) in [6, 6.07) is 68.3. The van der Waals surface area contributed by atoms with Gasteiger partial charge in [-0.25, -0.2) is 18.0 Å². The van der Waals surface area contributed by atoms with Crippen LogP contribution >= 0.6 is 24.8 Å². The molecule has 2 aliphatic heterocycles. The van der Waals surface area contributed by atoms with Crippen molar-refractivity contribution in [3.63, 3.8) is 0 Å². The van der Waals surface area contributed by atoms with Crippen LogP contribution in [0, 0.1) is 6.92 Å². The zero-order chi connectivity index (χ0) is 95.9. The molecule has 0 saturated carbocycles. The largest absolute Gasteiger partial charge is 0.507 e. The lowest BCUT2D eigenvalue weighted by atomic mass is 9.83. The summed E-state index contributed by atoms with van der Waals surface area (Å²) in [6.45, 7) is 10.5. The lowest BCUT2D eigenvalue weighted by molar-refractivity contribution is -0.137. The highest BCUT2D eigenvalue weighted by atomic mass is 35.5. The highest BCUT2D eigenvalue weighted by Crippen LogP contribution is 2.45. The number of anilines is 4. The molecular formula is C105H106Cl2N12O16S. The number of allylic oxidation sites excluding steroid dienone is 1. The molecule has 2 aliphatic carbocycles. The number of H-pyrrole nitrogens is 1. The molecule has 0 atom stereocenters. The van der Waals surface area contributed by atoms with Crippen molar-refractivity contribution in [1.82, 2.24) is 20.0 Å². The number of sulfonamides is 1. The minimum Gasteiger partial charge on any atom is -0.507 e. The zero-order valence-electron chi connectivity index (χ0n) is 75.8. The van der Waals surface area contributed by atoms with E-state index in [-0.39, 0.29) is 119 Å². The molecular weight excluding hydrogens is 1790 g/mol. The first-order chi connectivity index (χ1) is 64.4. The standard InChI is InChI=1S/C23H27N3O4.C21H15NO5.C21H19NO.C15H18N2O3.C13H10N2O.C12H15N3O2S.2ClH/c1-14-10-17-15(2)18(20(27)12-16(17)11-19(14)24)13-21(28)25-8-4-3-5-9-26-22(29)6-7-23(26)30;22-10-16-17(24)8-7-15-19(12-3-1-2-4-13(12)21(25)26)14-6-5-11(23)9-18(14)27-20(15)16;22-13-18(23)6-2-3-14-7-8-17-10-9-15-4-1-5-16-11-12-19(14)21(17)20(15)16;1-3-17(4-2)11-6-5-10-7-12(13(18)9-16)15(19)20-14(10)8-11;14-8-5-6-12-10(7-8)13(16)9-3-1-2-4-11(9)15-12;1-15(2)11-7-3-6-10-9(11)5-4-8-12(10)18(16,17)14-13;;/h6-7,10-11H,3-5,8-9,12-13,24H2,1-2H3,(H,25,28);1-9,24H,10,22H2,(H,25,26);1,4-5,7-12H,2-3,6,13,22H2;5-8H,3-4,9,16H2,1-2H3;1-7H,14H2,(H,15,16);3-8,14H,13H2,1-2H3;2*1H. The number of hydrogen-bond acceptors (Lipinski definition) is 23. The maximum Gasteiger partial charge on any atom is 0.347 e. The average molecular weight is 1900 g/mol. The number of aromatic nitrogens is 1. The minimum absolute atomic E-state index is 0. The van der Waals surface area contributed by atoms with Gasteiger partial charge in [-0.15, -0.1) is 24.8 Å². The molecule has 0 radical (unpaired) electrons. The first-order valence-corrected chi connectivity index (χ1v) is 45.2. The van der Waals surface area contributed by atoms with Gasteiger partial charge in [0.05, 0.1) is 35.5 Å². The Morgan fingerprint density at radius 2 is 1.24 bits per heavy atom. The number of nitrogen functional groups attached to an aromatic ring is 2. The number of halogens is 2. The van der Waals surface area contributed by atoms with Gasteiger partial charge in [-0.3, -0.25) is 49.1 Å². The van der Waals surface area contributed by atoms with Gasteiger partial charge in [-0.2, -0.15) is 4.83 Å². The number of para-hydroxylation sites is 1. The molecule has 17 N–H and O–H groups in total. The van der Waals surface area contributed by atoms with Crippen LogP contribution in [0.1, 0.15) is 108 Å². The molecule has 4 aliphatic rings. The van der Waals surface area contributed by atoms with Crippen LogP contribution in [-0.2, 0) is 53.4 Å². The summed E-state index contributed by atoms with van der Waals surface area (Å²) in [5.41, 5.74) is 40.7. The summed E-state index contributed by atoms with van der Waals surface area (Å²) >= 11 is 0. The fourth-order valence-corrected chi connectivity index (χ4v) is 17.7. The van der Waals surface area contributed by atoms with Crippen LogP contribution in [0.15, 0.2) is 270 Å². The molecule has 12 aromatic carbocycles. The van der Waals surface area contributed by atoms with Crippen LogP contribution in [0.25, 0.3) is 115 Å². The number of nitrogens with one attached hydrogen (secondary N) is 3. The SMILES string of the molecule is CC1=C(CC(=O)NCCCCCN2C(=O)C=CC2=O)C(=O)Cc2cc(N)c(C)cc21.CCN(CC)c1ccc2cc(C(=O)CN)c(=O)oc2c1.CN(C)c1cccc2c(S(=O)(=O)NN)cccc12.Cl.Cl.NCC(=O)CCCc1ccc2ccc3cccc4ccc1c2c34.NCc1c(O)ccc2c(-c3ccccc3C(=O)O)c3ccc(=O)cc-3oc12.Nc1ccc2[nH]c3ccccc3c(=O)c2c1. The second-order valence-corrected chi connectivity index (χ2v) is 34.2. The Hall–Kier alpha value is -14.8. The zero-order valence-corrected chi connectivity index (χ0v) is 78.2. The minimum atomic E-state index is -3.66. The van der Waals surface area contributed by atoms with Crippen molar-refractivity contribution in [2.24, 2.45) is 23.0 Å². The predicted molar refractivity (Wildman–Crippen MR) is 546 cm³/mol. The number of phenolic OH excluding ortho intramolecular Hbond substituents is 1. The number of benzene rings is 13. The second kappa shape index (κ2) is 45.3. The number of rotatable bonds is 24. The van der Waals surface area contributed by atoms with E-state index in [9.17, 15) is 66.6 Å². The van der Waals surface area contributed by atoms with E-state index in [1.54, 1.807) is 60.7 Å². The van der Waals surface area contributed by atoms with E-state index < -0.39 is 27.4 Å². The molecule has 4 heterocycles. The number of phenols is 1. The van der Waals surface area contributed by atoms with Gasteiger partial charge in [-0.1, -0.05) is 109 Å². The predicted octanol–water partition coefficient (Wildman–Crippen LogP) is 15.9.